The Morgan fingerprint density at radius 2 is 2.04 bits per heavy atom. The number of hydrogen-bond acceptors (Lipinski definition) is 4. The van der Waals surface area contributed by atoms with Gasteiger partial charge in [0.1, 0.15) is 5.82 Å². The van der Waals surface area contributed by atoms with E-state index in [9.17, 15) is 4.79 Å². The second kappa shape index (κ2) is 7.57. The molecule has 0 fully saturated rings. The van der Waals surface area contributed by atoms with Gasteiger partial charge in [0, 0.05) is 44.5 Å². The number of nitrogens with one attached hydrogen (secondary N) is 1. The molecule has 25 heavy (non-hydrogen) atoms. The summed E-state index contributed by atoms with van der Waals surface area (Å²) in [5.41, 5.74) is 2.85. The number of rotatable bonds is 5. The van der Waals surface area contributed by atoms with Gasteiger partial charge in [-0.3, -0.25) is 9.78 Å². The number of nitrogens with zero attached hydrogens (tertiary/aromatic N) is 3. The molecule has 1 N–H and O–H groups in total. The van der Waals surface area contributed by atoms with Gasteiger partial charge in [0.25, 0.3) is 0 Å². The molecular formula is C20H20N4O. The Bertz CT molecular complexity index is 904. The molecule has 126 valence electrons. The van der Waals surface area contributed by atoms with Crippen molar-refractivity contribution in [3.63, 3.8) is 0 Å². The highest BCUT2D eigenvalue weighted by molar-refractivity contribution is 5.92. The van der Waals surface area contributed by atoms with E-state index in [-0.39, 0.29) is 5.91 Å². The lowest BCUT2D eigenvalue weighted by Gasteiger charge is -2.15. The van der Waals surface area contributed by atoms with E-state index in [0.717, 1.165) is 27.8 Å². The van der Waals surface area contributed by atoms with E-state index in [1.165, 1.54) is 6.08 Å². The number of para-hydroxylation sites is 1. The summed E-state index contributed by atoms with van der Waals surface area (Å²) >= 11 is 0. The standard InChI is InChI=1S/C20H20N4O/c1-24(2)19-12-16(17-7-3-4-8-18(17)23-19)14-22-20(25)10-9-15-6-5-11-21-13-15/h3-13H,14H2,1-2H3,(H,22,25). The summed E-state index contributed by atoms with van der Waals surface area (Å²) in [7, 11) is 3.91. The van der Waals surface area contributed by atoms with Crippen LogP contribution in [0.15, 0.2) is 60.9 Å². The lowest BCUT2D eigenvalue weighted by atomic mass is 10.1. The SMILES string of the molecule is CN(C)c1cc(CNC(=O)C=Cc2cccnc2)c2ccccc2n1. The zero-order chi connectivity index (χ0) is 17.6. The van der Waals surface area contributed by atoms with E-state index in [1.807, 2.05) is 61.5 Å². The Kier molecular flexibility index (Phi) is 5.04. The number of benzene rings is 1. The van der Waals surface area contributed by atoms with Crippen molar-refractivity contribution >= 4 is 28.7 Å². The van der Waals surface area contributed by atoms with E-state index < -0.39 is 0 Å². The number of pyridine rings is 2. The minimum Gasteiger partial charge on any atom is -0.363 e. The van der Waals surface area contributed by atoms with Crippen molar-refractivity contribution in [1.82, 2.24) is 15.3 Å². The number of fused-ring (bicyclic) bond motifs is 1. The summed E-state index contributed by atoms with van der Waals surface area (Å²) in [6.45, 7) is 0.445. The summed E-state index contributed by atoms with van der Waals surface area (Å²) in [6, 6.07) is 13.7. The molecule has 2 heterocycles. The normalized spacial score (nSPS) is 11.0. The Balaban J connectivity index is 1.76. The molecule has 3 rings (SSSR count). The first-order valence-electron chi connectivity index (χ1n) is 8.05. The Morgan fingerprint density at radius 1 is 1.20 bits per heavy atom. The van der Waals surface area contributed by atoms with Crippen molar-refractivity contribution in [2.24, 2.45) is 0 Å². The van der Waals surface area contributed by atoms with Crippen LogP contribution in [0.25, 0.3) is 17.0 Å². The molecular weight excluding hydrogens is 312 g/mol. The lowest BCUT2D eigenvalue weighted by molar-refractivity contribution is -0.116. The van der Waals surface area contributed by atoms with Crippen LogP contribution in [0.1, 0.15) is 11.1 Å². The molecule has 1 aromatic carbocycles. The first kappa shape index (κ1) is 16.6. The van der Waals surface area contributed by atoms with E-state index in [4.69, 9.17) is 0 Å². The van der Waals surface area contributed by atoms with Gasteiger partial charge in [-0.15, -0.1) is 0 Å². The molecule has 0 radical (unpaired) electrons. The molecule has 3 aromatic rings. The number of aromatic nitrogens is 2. The highest BCUT2D eigenvalue weighted by atomic mass is 16.1. The summed E-state index contributed by atoms with van der Waals surface area (Å²) in [4.78, 5) is 22.7. The quantitative estimate of drug-likeness (QED) is 0.730. The minimum absolute atomic E-state index is 0.142. The molecule has 0 aliphatic carbocycles. The summed E-state index contributed by atoms with van der Waals surface area (Å²) in [5.74, 6) is 0.727. The Labute approximate surface area is 147 Å². The van der Waals surface area contributed by atoms with Crippen LogP contribution in [0.3, 0.4) is 0 Å². The third kappa shape index (κ3) is 4.20. The molecule has 0 saturated carbocycles. The van der Waals surface area contributed by atoms with Crippen molar-refractivity contribution in [3.8, 4) is 0 Å². The van der Waals surface area contributed by atoms with Gasteiger partial charge in [0.05, 0.1) is 5.52 Å². The topological polar surface area (TPSA) is 58.1 Å². The average Bonchev–Trinajstić information content (AvgIpc) is 2.65. The van der Waals surface area contributed by atoms with Gasteiger partial charge in [0.2, 0.25) is 5.91 Å². The average molecular weight is 332 g/mol. The molecule has 0 aliphatic rings. The fraction of sp³-hybridized carbons (Fsp3) is 0.150. The zero-order valence-electron chi connectivity index (χ0n) is 14.3. The Morgan fingerprint density at radius 3 is 2.80 bits per heavy atom. The maximum Gasteiger partial charge on any atom is 0.244 e. The minimum atomic E-state index is -0.142. The zero-order valence-corrected chi connectivity index (χ0v) is 14.3. The molecule has 0 bridgehead atoms. The highest BCUT2D eigenvalue weighted by Crippen LogP contribution is 2.21. The molecule has 0 saturated heterocycles. The maximum absolute atomic E-state index is 12.1. The van der Waals surface area contributed by atoms with Crippen molar-refractivity contribution in [3.05, 3.63) is 72.1 Å². The fourth-order valence-corrected chi connectivity index (χ4v) is 2.50. The number of hydrogen-bond donors (Lipinski definition) is 1. The molecule has 0 atom stereocenters. The lowest BCUT2D eigenvalue weighted by Crippen LogP contribution is -2.21. The van der Waals surface area contributed by atoms with Gasteiger partial charge in [-0.25, -0.2) is 4.98 Å². The van der Waals surface area contributed by atoms with Crippen molar-refractivity contribution in [1.29, 1.82) is 0 Å². The maximum atomic E-state index is 12.1. The van der Waals surface area contributed by atoms with Gasteiger partial charge in [-0.1, -0.05) is 24.3 Å². The van der Waals surface area contributed by atoms with Crippen LogP contribution in [0.5, 0.6) is 0 Å². The van der Waals surface area contributed by atoms with Crippen LogP contribution < -0.4 is 10.2 Å². The van der Waals surface area contributed by atoms with Crippen LogP contribution in [0.4, 0.5) is 5.82 Å². The number of anilines is 1. The van der Waals surface area contributed by atoms with Gasteiger partial charge in [0.15, 0.2) is 0 Å². The summed E-state index contributed by atoms with van der Waals surface area (Å²) in [5, 5.41) is 3.98. The van der Waals surface area contributed by atoms with E-state index in [1.54, 1.807) is 18.5 Å². The largest absolute Gasteiger partial charge is 0.363 e. The van der Waals surface area contributed by atoms with Gasteiger partial charge >= 0.3 is 0 Å². The van der Waals surface area contributed by atoms with Crippen molar-refractivity contribution in [2.45, 2.75) is 6.54 Å². The summed E-state index contributed by atoms with van der Waals surface area (Å²) < 4.78 is 0. The number of amides is 1. The van der Waals surface area contributed by atoms with Crippen molar-refractivity contribution in [2.75, 3.05) is 19.0 Å². The van der Waals surface area contributed by atoms with Crippen LogP contribution in [-0.4, -0.2) is 30.0 Å². The molecule has 5 nitrogen and oxygen atoms in total. The first-order valence-corrected chi connectivity index (χ1v) is 8.05. The summed E-state index contributed by atoms with van der Waals surface area (Å²) in [6.07, 6.45) is 6.68. The van der Waals surface area contributed by atoms with Crippen LogP contribution in [0, 0.1) is 0 Å². The fourth-order valence-electron chi connectivity index (χ4n) is 2.50. The monoisotopic (exact) mass is 332 g/mol. The van der Waals surface area contributed by atoms with E-state index >= 15 is 0 Å². The van der Waals surface area contributed by atoms with Crippen LogP contribution in [0.2, 0.25) is 0 Å². The first-order chi connectivity index (χ1) is 12.1. The third-order valence-corrected chi connectivity index (χ3v) is 3.81. The predicted molar refractivity (Wildman–Crippen MR) is 101 cm³/mol. The number of carbonyl (C=O) groups excluding carboxylic acids is 1. The molecule has 0 spiro atoms. The van der Waals surface area contributed by atoms with Crippen LogP contribution in [-0.2, 0) is 11.3 Å². The Hall–Kier alpha value is -3.21. The smallest absolute Gasteiger partial charge is 0.244 e. The highest BCUT2D eigenvalue weighted by Gasteiger charge is 2.07. The molecule has 2 aromatic heterocycles. The molecule has 5 heteroatoms. The van der Waals surface area contributed by atoms with E-state index in [2.05, 4.69) is 15.3 Å². The second-order valence-corrected chi connectivity index (χ2v) is 5.89. The van der Waals surface area contributed by atoms with Gasteiger partial charge in [-0.05, 0) is 35.4 Å². The van der Waals surface area contributed by atoms with Gasteiger partial charge < -0.3 is 10.2 Å². The van der Waals surface area contributed by atoms with E-state index in [0.29, 0.717) is 6.54 Å². The molecule has 0 aliphatic heterocycles. The van der Waals surface area contributed by atoms with Gasteiger partial charge in [-0.2, -0.15) is 0 Å². The molecule has 0 unspecified atom stereocenters. The second-order valence-electron chi connectivity index (χ2n) is 5.89. The number of carbonyl (C=O) groups is 1. The van der Waals surface area contributed by atoms with Crippen LogP contribution >= 0.6 is 0 Å². The third-order valence-electron chi connectivity index (χ3n) is 3.81. The molecule has 1 amide bonds. The van der Waals surface area contributed by atoms with Crippen molar-refractivity contribution < 1.29 is 4.79 Å². The predicted octanol–water partition coefficient (Wildman–Crippen LogP) is 3.03.